The Labute approximate surface area is 101 Å². The molecule has 0 aliphatic heterocycles. The highest BCUT2D eigenvalue weighted by atomic mass is 19.4. The lowest BCUT2D eigenvalue weighted by Crippen LogP contribution is -2.12. The highest BCUT2D eigenvalue weighted by Crippen LogP contribution is 2.32. The first-order chi connectivity index (χ1) is 7.54. The van der Waals surface area contributed by atoms with Gasteiger partial charge in [-0.2, -0.15) is 13.2 Å². The van der Waals surface area contributed by atoms with Crippen molar-refractivity contribution in [1.29, 1.82) is 0 Å². The molecule has 0 radical (unpaired) electrons. The van der Waals surface area contributed by atoms with E-state index in [4.69, 9.17) is 5.73 Å². The van der Waals surface area contributed by atoms with Crippen LogP contribution in [0.5, 0.6) is 0 Å². The lowest BCUT2D eigenvalue weighted by atomic mass is 9.90. The van der Waals surface area contributed by atoms with Gasteiger partial charge in [-0.1, -0.05) is 26.0 Å². The summed E-state index contributed by atoms with van der Waals surface area (Å²) < 4.78 is 37.5. The largest absolute Gasteiger partial charge is 0.402 e. The van der Waals surface area contributed by atoms with Gasteiger partial charge in [-0.3, -0.25) is 0 Å². The van der Waals surface area contributed by atoms with E-state index in [1.165, 1.54) is 0 Å². The van der Waals surface area contributed by atoms with Gasteiger partial charge in [0.05, 0.1) is 6.42 Å². The zero-order chi connectivity index (χ0) is 13.8. The zero-order valence-electron chi connectivity index (χ0n) is 10.8. The lowest BCUT2D eigenvalue weighted by molar-refractivity contribution is -0.126. The molecule has 0 aromatic heterocycles. The van der Waals surface area contributed by atoms with E-state index in [9.17, 15) is 13.2 Å². The van der Waals surface area contributed by atoms with Crippen LogP contribution in [0.3, 0.4) is 0 Å². The molecule has 98 valence electrons. The predicted octanol–water partition coefficient (Wildman–Crippen LogP) is 4.33. The quantitative estimate of drug-likeness (QED) is 0.735. The maximum absolute atomic E-state index is 12.5. The summed E-state index contributed by atoms with van der Waals surface area (Å²) in [6, 6.07) is 0. The Morgan fingerprint density at radius 2 is 1.76 bits per heavy atom. The van der Waals surface area contributed by atoms with Crippen molar-refractivity contribution in [3.63, 3.8) is 0 Å². The van der Waals surface area contributed by atoms with Gasteiger partial charge in [0.1, 0.15) is 0 Å². The maximum Gasteiger partial charge on any atom is 0.393 e. The second kappa shape index (κ2) is 5.94. The van der Waals surface area contributed by atoms with Crippen LogP contribution >= 0.6 is 0 Å². The minimum absolute atomic E-state index is 0.0254. The molecule has 0 bridgehead atoms. The van der Waals surface area contributed by atoms with Crippen LogP contribution in [0.2, 0.25) is 0 Å². The van der Waals surface area contributed by atoms with Crippen molar-refractivity contribution in [2.75, 3.05) is 0 Å². The molecule has 0 aliphatic rings. The van der Waals surface area contributed by atoms with Gasteiger partial charge in [-0.25, -0.2) is 0 Å². The normalized spacial score (nSPS) is 14.9. The van der Waals surface area contributed by atoms with Gasteiger partial charge in [0.15, 0.2) is 0 Å². The third kappa shape index (κ3) is 6.19. The van der Waals surface area contributed by atoms with Crippen molar-refractivity contribution >= 4 is 0 Å². The summed E-state index contributed by atoms with van der Waals surface area (Å²) in [5.41, 5.74) is 7.32. The molecule has 0 aliphatic carbocycles. The molecule has 0 atom stereocenters. The Hall–Kier alpha value is -1.19. The number of halogens is 3. The van der Waals surface area contributed by atoms with E-state index in [0.717, 1.165) is 0 Å². The van der Waals surface area contributed by atoms with Crippen molar-refractivity contribution in [2.24, 2.45) is 11.7 Å². The predicted molar refractivity (Wildman–Crippen MR) is 65.3 cm³/mol. The number of hydrogen-bond acceptors (Lipinski definition) is 1. The minimum Gasteiger partial charge on any atom is -0.402 e. The van der Waals surface area contributed by atoms with Crippen molar-refractivity contribution in [3.05, 3.63) is 35.1 Å². The lowest BCUT2D eigenvalue weighted by Gasteiger charge is -2.18. The van der Waals surface area contributed by atoms with Crippen LogP contribution in [0.4, 0.5) is 13.2 Å². The van der Waals surface area contributed by atoms with Gasteiger partial charge in [-0.05, 0) is 37.0 Å². The summed E-state index contributed by atoms with van der Waals surface area (Å²) in [4.78, 5) is 0. The molecule has 0 unspecified atom stereocenters. The SMILES string of the molecule is C=C(C)/C(CC(F)(F)F)=C(\C=C(/C)N)C(C)C. The first-order valence-electron chi connectivity index (χ1n) is 5.44. The van der Waals surface area contributed by atoms with Crippen LogP contribution in [0.15, 0.2) is 35.1 Å². The Bertz CT molecular complexity index is 342. The van der Waals surface area contributed by atoms with Gasteiger partial charge in [0, 0.05) is 5.70 Å². The molecule has 0 aromatic carbocycles. The van der Waals surface area contributed by atoms with Gasteiger partial charge in [0.2, 0.25) is 0 Å². The summed E-state index contributed by atoms with van der Waals surface area (Å²) in [6.45, 7) is 10.6. The van der Waals surface area contributed by atoms with Crippen LogP contribution in [-0.2, 0) is 0 Å². The van der Waals surface area contributed by atoms with Gasteiger partial charge < -0.3 is 5.73 Å². The summed E-state index contributed by atoms with van der Waals surface area (Å²) in [5.74, 6) is -0.0254. The molecule has 2 N–H and O–H groups in total. The van der Waals surface area contributed by atoms with E-state index in [-0.39, 0.29) is 11.5 Å². The topological polar surface area (TPSA) is 26.0 Å². The molecule has 1 nitrogen and oxygen atoms in total. The number of nitrogens with two attached hydrogens (primary N) is 1. The zero-order valence-corrected chi connectivity index (χ0v) is 10.8. The standard InChI is InChI=1S/C13H20F3N/c1-8(2)11(6-10(5)17)12(9(3)4)7-13(14,15)16/h6,8H,3,7,17H2,1-2,4-5H3/b10-6+,12-11+. The van der Waals surface area contributed by atoms with Crippen molar-refractivity contribution < 1.29 is 13.2 Å². The van der Waals surface area contributed by atoms with E-state index in [2.05, 4.69) is 6.58 Å². The molecule has 0 heterocycles. The summed E-state index contributed by atoms with van der Waals surface area (Å²) in [5, 5.41) is 0. The van der Waals surface area contributed by atoms with Crippen LogP contribution in [0.25, 0.3) is 0 Å². The minimum atomic E-state index is -4.23. The molecular weight excluding hydrogens is 227 g/mol. The number of rotatable bonds is 4. The molecule has 0 fully saturated rings. The maximum atomic E-state index is 12.5. The van der Waals surface area contributed by atoms with Gasteiger partial charge >= 0.3 is 6.18 Å². The van der Waals surface area contributed by atoms with Gasteiger partial charge in [0.25, 0.3) is 0 Å². The van der Waals surface area contributed by atoms with E-state index < -0.39 is 12.6 Å². The van der Waals surface area contributed by atoms with Crippen molar-refractivity contribution in [1.82, 2.24) is 0 Å². The van der Waals surface area contributed by atoms with E-state index in [1.807, 2.05) is 13.8 Å². The molecule has 0 rings (SSSR count). The molecule has 0 aromatic rings. The van der Waals surface area contributed by atoms with Crippen molar-refractivity contribution in [3.8, 4) is 0 Å². The van der Waals surface area contributed by atoms with Crippen LogP contribution in [-0.4, -0.2) is 6.18 Å². The van der Waals surface area contributed by atoms with Crippen LogP contribution < -0.4 is 5.73 Å². The fourth-order valence-electron chi connectivity index (χ4n) is 1.55. The van der Waals surface area contributed by atoms with E-state index >= 15 is 0 Å². The first-order valence-corrected chi connectivity index (χ1v) is 5.44. The number of hydrogen-bond donors (Lipinski definition) is 1. The van der Waals surface area contributed by atoms with Crippen LogP contribution in [0, 0.1) is 5.92 Å². The van der Waals surface area contributed by atoms with Crippen molar-refractivity contribution in [2.45, 2.75) is 40.3 Å². The second-order valence-electron chi connectivity index (χ2n) is 4.55. The second-order valence-corrected chi connectivity index (χ2v) is 4.55. The average molecular weight is 247 g/mol. The summed E-state index contributed by atoms with van der Waals surface area (Å²) >= 11 is 0. The Balaban J connectivity index is 5.61. The highest BCUT2D eigenvalue weighted by Gasteiger charge is 2.30. The molecule has 0 saturated heterocycles. The summed E-state index contributed by atoms with van der Waals surface area (Å²) in [6.07, 6.45) is -3.59. The summed E-state index contributed by atoms with van der Waals surface area (Å²) in [7, 11) is 0. The first kappa shape index (κ1) is 15.8. The smallest absolute Gasteiger partial charge is 0.393 e. The van der Waals surface area contributed by atoms with E-state index in [0.29, 0.717) is 16.8 Å². The molecule has 0 saturated carbocycles. The fraction of sp³-hybridized carbons (Fsp3) is 0.538. The molecule has 0 amide bonds. The highest BCUT2D eigenvalue weighted by molar-refractivity contribution is 5.40. The number of allylic oxidation sites excluding steroid dienone is 5. The third-order valence-corrected chi connectivity index (χ3v) is 2.25. The van der Waals surface area contributed by atoms with Gasteiger partial charge in [-0.15, -0.1) is 0 Å². The average Bonchev–Trinajstić information content (AvgIpc) is 2.08. The molecular formula is C13H20F3N. The number of alkyl halides is 3. The Kier molecular flexibility index (Phi) is 5.52. The Morgan fingerprint density at radius 3 is 2.00 bits per heavy atom. The molecule has 4 heteroatoms. The monoisotopic (exact) mass is 247 g/mol. The molecule has 17 heavy (non-hydrogen) atoms. The third-order valence-electron chi connectivity index (χ3n) is 2.25. The fourth-order valence-corrected chi connectivity index (χ4v) is 1.55. The van der Waals surface area contributed by atoms with E-state index in [1.54, 1.807) is 19.9 Å². The Morgan fingerprint density at radius 1 is 1.29 bits per heavy atom. The molecule has 0 spiro atoms. The van der Waals surface area contributed by atoms with Crippen LogP contribution in [0.1, 0.15) is 34.1 Å².